The van der Waals surface area contributed by atoms with Gasteiger partial charge in [-0.3, -0.25) is 14.5 Å². The minimum atomic E-state index is -0.353. The number of nitrogens with one attached hydrogen (secondary N) is 1. The molecule has 4 rings (SSSR count). The van der Waals surface area contributed by atoms with E-state index in [9.17, 15) is 14.0 Å². The Morgan fingerprint density at radius 1 is 1.00 bits per heavy atom. The number of amides is 2. The minimum absolute atomic E-state index is 0.0735. The van der Waals surface area contributed by atoms with E-state index in [1.807, 2.05) is 0 Å². The molecule has 5 nitrogen and oxygen atoms in total. The normalized spacial score (nSPS) is 17.7. The lowest BCUT2D eigenvalue weighted by molar-refractivity contribution is -0.126. The van der Waals surface area contributed by atoms with Gasteiger partial charge in [0.15, 0.2) is 0 Å². The van der Waals surface area contributed by atoms with Crippen molar-refractivity contribution in [1.82, 2.24) is 15.1 Å². The molecule has 1 N–H and O–H groups in total. The van der Waals surface area contributed by atoms with Crippen LogP contribution in [-0.2, 0) is 17.8 Å². The Labute approximate surface area is 189 Å². The quantitative estimate of drug-likeness (QED) is 0.777. The van der Waals surface area contributed by atoms with Crippen LogP contribution in [0.1, 0.15) is 48.2 Å². The van der Waals surface area contributed by atoms with Crippen LogP contribution in [0.3, 0.4) is 0 Å². The van der Waals surface area contributed by atoms with Crippen LogP contribution in [-0.4, -0.2) is 53.3 Å². The zero-order valence-corrected chi connectivity index (χ0v) is 18.9. The molecule has 0 aliphatic carbocycles. The van der Waals surface area contributed by atoms with Gasteiger partial charge in [-0.25, -0.2) is 4.39 Å². The van der Waals surface area contributed by atoms with Gasteiger partial charge in [0.25, 0.3) is 5.91 Å². The molecule has 32 heavy (non-hydrogen) atoms. The number of carbonyl (C=O) groups is 2. The first-order chi connectivity index (χ1) is 15.3. The van der Waals surface area contributed by atoms with E-state index in [1.54, 1.807) is 4.90 Å². The maximum atomic E-state index is 13.1. The lowest BCUT2D eigenvalue weighted by atomic mass is 9.92. The molecule has 1 fully saturated rings. The number of likely N-dealkylation sites (tertiary alicyclic amines) is 1. The highest BCUT2D eigenvalue weighted by Crippen LogP contribution is 2.25. The summed E-state index contributed by atoms with van der Waals surface area (Å²) in [6.45, 7) is 7.95. The van der Waals surface area contributed by atoms with Crippen molar-refractivity contribution < 1.29 is 14.0 Å². The van der Waals surface area contributed by atoms with Crippen molar-refractivity contribution >= 4 is 11.8 Å². The zero-order chi connectivity index (χ0) is 22.7. The molecule has 6 heteroatoms. The molecule has 0 spiro atoms. The molecule has 0 bridgehead atoms. The number of hydrogen-bond acceptors (Lipinski definition) is 3. The Kier molecular flexibility index (Phi) is 6.60. The summed E-state index contributed by atoms with van der Waals surface area (Å²) in [4.78, 5) is 29.6. The van der Waals surface area contributed by atoms with Crippen LogP contribution in [0.4, 0.5) is 4.39 Å². The van der Waals surface area contributed by atoms with Gasteiger partial charge in [0.05, 0.1) is 0 Å². The standard InChI is InChI=1S/C26H32FN3O2/c1-26(2,30-16-13-19-5-3-4-6-22(19)17-30)18-28-24(31)20-11-14-29(15-12-20)25(32)21-7-9-23(27)10-8-21/h3-10,20H,11-18H2,1-2H3,(H,28,31). The first kappa shape index (κ1) is 22.5. The lowest BCUT2D eigenvalue weighted by Crippen LogP contribution is -2.54. The fourth-order valence-corrected chi connectivity index (χ4v) is 4.69. The first-order valence-corrected chi connectivity index (χ1v) is 11.5. The summed E-state index contributed by atoms with van der Waals surface area (Å²) in [5.74, 6) is -0.460. The molecule has 0 radical (unpaired) electrons. The van der Waals surface area contributed by atoms with E-state index in [4.69, 9.17) is 0 Å². The fraction of sp³-hybridized carbons (Fsp3) is 0.462. The van der Waals surface area contributed by atoms with Crippen molar-refractivity contribution in [2.75, 3.05) is 26.2 Å². The lowest BCUT2D eigenvalue weighted by Gasteiger charge is -2.42. The smallest absolute Gasteiger partial charge is 0.253 e. The third-order valence-electron chi connectivity index (χ3n) is 6.93. The van der Waals surface area contributed by atoms with E-state index in [1.165, 1.54) is 35.4 Å². The molecule has 170 valence electrons. The Bertz CT molecular complexity index is 965. The predicted molar refractivity (Wildman–Crippen MR) is 123 cm³/mol. The Hall–Kier alpha value is -2.73. The molecule has 2 amide bonds. The molecule has 0 saturated carbocycles. The number of rotatable bonds is 5. The van der Waals surface area contributed by atoms with Crippen molar-refractivity contribution in [2.24, 2.45) is 5.92 Å². The van der Waals surface area contributed by atoms with Crippen LogP contribution in [0, 0.1) is 11.7 Å². The van der Waals surface area contributed by atoms with Crippen molar-refractivity contribution in [3.8, 4) is 0 Å². The summed E-state index contributed by atoms with van der Waals surface area (Å²) in [6.07, 6.45) is 2.33. The fourth-order valence-electron chi connectivity index (χ4n) is 4.69. The summed E-state index contributed by atoms with van der Waals surface area (Å²) < 4.78 is 13.1. The van der Waals surface area contributed by atoms with Crippen molar-refractivity contribution in [2.45, 2.75) is 45.2 Å². The first-order valence-electron chi connectivity index (χ1n) is 11.5. The van der Waals surface area contributed by atoms with Crippen molar-refractivity contribution in [3.05, 3.63) is 71.0 Å². The monoisotopic (exact) mass is 437 g/mol. The number of piperidine rings is 1. The maximum absolute atomic E-state index is 13.1. The predicted octanol–water partition coefficient (Wildman–Crippen LogP) is 3.63. The summed E-state index contributed by atoms with van der Waals surface area (Å²) in [5, 5.41) is 3.17. The number of nitrogens with zero attached hydrogens (tertiary/aromatic N) is 2. The molecule has 1 saturated heterocycles. The third-order valence-corrected chi connectivity index (χ3v) is 6.93. The van der Waals surface area contributed by atoms with Crippen LogP contribution in [0.25, 0.3) is 0 Å². The molecule has 0 unspecified atom stereocenters. The minimum Gasteiger partial charge on any atom is -0.354 e. The third kappa shape index (κ3) is 5.01. The van der Waals surface area contributed by atoms with Gasteiger partial charge in [0.2, 0.25) is 5.91 Å². The molecular weight excluding hydrogens is 405 g/mol. The summed E-state index contributed by atoms with van der Waals surface area (Å²) >= 11 is 0. The number of hydrogen-bond donors (Lipinski definition) is 1. The molecular formula is C26H32FN3O2. The van der Waals surface area contributed by atoms with E-state index in [-0.39, 0.29) is 29.1 Å². The van der Waals surface area contributed by atoms with Crippen molar-refractivity contribution in [1.29, 1.82) is 0 Å². The summed E-state index contributed by atoms with van der Waals surface area (Å²) in [5.41, 5.74) is 3.14. The highest BCUT2D eigenvalue weighted by atomic mass is 19.1. The van der Waals surface area contributed by atoms with E-state index in [0.29, 0.717) is 38.0 Å². The summed E-state index contributed by atoms with van der Waals surface area (Å²) in [6, 6.07) is 14.2. The second-order valence-electron chi connectivity index (χ2n) is 9.54. The molecule has 0 aromatic heterocycles. The van der Waals surface area contributed by atoms with Gasteiger partial charge in [0, 0.05) is 49.7 Å². The van der Waals surface area contributed by atoms with Gasteiger partial charge >= 0.3 is 0 Å². The van der Waals surface area contributed by atoms with Gasteiger partial charge in [-0.15, -0.1) is 0 Å². The summed E-state index contributed by atoms with van der Waals surface area (Å²) in [7, 11) is 0. The van der Waals surface area contributed by atoms with Crippen molar-refractivity contribution in [3.63, 3.8) is 0 Å². The second-order valence-corrected chi connectivity index (χ2v) is 9.54. The largest absolute Gasteiger partial charge is 0.354 e. The zero-order valence-electron chi connectivity index (χ0n) is 18.9. The topological polar surface area (TPSA) is 52.7 Å². The van der Waals surface area contributed by atoms with E-state index >= 15 is 0 Å². The van der Waals surface area contributed by atoms with Crippen LogP contribution in [0.2, 0.25) is 0 Å². The SMILES string of the molecule is CC(C)(CNC(=O)C1CCN(C(=O)c2ccc(F)cc2)CC1)N1CCc2ccccc2C1. The highest BCUT2D eigenvalue weighted by molar-refractivity contribution is 5.94. The Balaban J connectivity index is 1.26. The van der Waals surface area contributed by atoms with E-state index in [2.05, 4.69) is 48.3 Å². The van der Waals surface area contributed by atoms with Gasteiger partial charge in [-0.1, -0.05) is 24.3 Å². The molecule has 2 heterocycles. The van der Waals surface area contributed by atoms with Crippen LogP contribution < -0.4 is 5.32 Å². The Morgan fingerprint density at radius 2 is 1.66 bits per heavy atom. The molecule has 2 aromatic carbocycles. The Morgan fingerprint density at radius 3 is 2.34 bits per heavy atom. The van der Waals surface area contributed by atoms with Gasteiger partial charge in [0.1, 0.15) is 5.82 Å². The molecule has 2 aromatic rings. The van der Waals surface area contributed by atoms with Gasteiger partial charge < -0.3 is 10.2 Å². The van der Waals surface area contributed by atoms with E-state index in [0.717, 1.165) is 19.5 Å². The molecule has 2 aliphatic heterocycles. The van der Waals surface area contributed by atoms with Gasteiger partial charge in [-0.05, 0) is 68.5 Å². The number of fused-ring (bicyclic) bond motifs is 1. The number of benzene rings is 2. The second kappa shape index (κ2) is 9.41. The van der Waals surface area contributed by atoms with E-state index < -0.39 is 0 Å². The van der Waals surface area contributed by atoms with Crippen LogP contribution >= 0.6 is 0 Å². The van der Waals surface area contributed by atoms with Crippen LogP contribution in [0.15, 0.2) is 48.5 Å². The van der Waals surface area contributed by atoms with Gasteiger partial charge in [-0.2, -0.15) is 0 Å². The maximum Gasteiger partial charge on any atom is 0.253 e. The number of carbonyl (C=O) groups excluding carboxylic acids is 2. The highest BCUT2D eigenvalue weighted by Gasteiger charge is 2.32. The average Bonchev–Trinajstić information content (AvgIpc) is 2.82. The molecule has 0 atom stereocenters. The average molecular weight is 438 g/mol. The molecule has 2 aliphatic rings. The number of halogens is 1. The van der Waals surface area contributed by atoms with Crippen LogP contribution in [0.5, 0.6) is 0 Å².